The van der Waals surface area contributed by atoms with Gasteiger partial charge in [-0.2, -0.15) is 0 Å². The predicted molar refractivity (Wildman–Crippen MR) is 97.2 cm³/mol. The van der Waals surface area contributed by atoms with E-state index in [2.05, 4.69) is 29.4 Å². The van der Waals surface area contributed by atoms with Gasteiger partial charge in [0.1, 0.15) is 22.7 Å². The molecular formula is C18H21N3O3S. The minimum absolute atomic E-state index is 0.00978. The lowest BCUT2D eigenvalue weighted by atomic mass is 9.99. The Morgan fingerprint density at radius 1 is 1.28 bits per heavy atom. The van der Waals surface area contributed by atoms with Gasteiger partial charge in [-0.15, -0.1) is 11.3 Å². The molecule has 2 aromatic rings. The van der Waals surface area contributed by atoms with Crippen molar-refractivity contribution in [1.82, 2.24) is 10.2 Å². The van der Waals surface area contributed by atoms with Crippen LogP contribution in [0.15, 0.2) is 18.2 Å². The van der Waals surface area contributed by atoms with Crippen molar-refractivity contribution in [2.75, 3.05) is 11.9 Å². The van der Waals surface area contributed by atoms with E-state index in [0.717, 1.165) is 35.6 Å². The van der Waals surface area contributed by atoms with Crippen LogP contribution in [0.3, 0.4) is 0 Å². The molecule has 2 aliphatic heterocycles. The third-order valence-corrected chi connectivity index (χ3v) is 6.07. The number of aromatic hydroxyl groups is 2. The van der Waals surface area contributed by atoms with Crippen LogP contribution in [0.4, 0.5) is 5.00 Å². The van der Waals surface area contributed by atoms with Crippen LogP contribution in [0.1, 0.15) is 46.4 Å². The summed E-state index contributed by atoms with van der Waals surface area (Å²) in [4.78, 5) is 16.4. The first-order valence-electron chi connectivity index (χ1n) is 8.42. The fraction of sp³-hybridized carbons (Fsp3) is 0.389. The van der Waals surface area contributed by atoms with Gasteiger partial charge < -0.3 is 20.8 Å². The molecule has 0 aliphatic carbocycles. The lowest BCUT2D eigenvalue weighted by Crippen LogP contribution is -2.39. The Labute approximate surface area is 150 Å². The van der Waals surface area contributed by atoms with Gasteiger partial charge in [-0.05, 0) is 38.0 Å². The number of hydrogen-bond acceptors (Lipinski definition) is 6. The van der Waals surface area contributed by atoms with Crippen molar-refractivity contribution in [2.45, 2.75) is 39.0 Å². The molecule has 1 aromatic heterocycles. The van der Waals surface area contributed by atoms with Crippen LogP contribution in [-0.4, -0.2) is 33.6 Å². The number of fused-ring (bicyclic) bond motifs is 3. The predicted octanol–water partition coefficient (Wildman–Crippen LogP) is 2.78. The maximum absolute atomic E-state index is 12.7. The van der Waals surface area contributed by atoms with Gasteiger partial charge in [0.25, 0.3) is 5.91 Å². The second kappa shape index (κ2) is 5.93. The Bertz CT molecular complexity index is 846. The maximum Gasteiger partial charge on any atom is 0.256 e. The molecule has 1 amide bonds. The summed E-state index contributed by atoms with van der Waals surface area (Å²) in [6.45, 7) is 6.21. The molecule has 3 heterocycles. The molecule has 25 heavy (non-hydrogen) atoms. The van der Waals surface area contributed by atoms with Gasteiger partial charge in [-0.3, -0.25) is 9.69 Å². The van der Waals surface area contributed by atoms with Crippen LogP contribution in [0, 0.1) is 0 Å². The van der Waals surface area contributed by atoms with Crippen molar-refractivity contribution in [3.63, 3.8) is 0 Å². The van der Waals surface area contributed by atoms with E-state index < -0.39 is 6.17 Å². The first-order chi connectivity index (χ1) is 11.9. The molecule has 4 N–H and O–H groups in total. The molecular weight excluding hydrogens is 338 g/mol. The Balaban J connectivity index is 1.67. The van der Waals surface area contributed by atoms with Crippen LogP contribution in [0.5, 0.6) is 11.5 Å². The molecule has 0 spiro atoms. The molecule has 1 aromatic carbocycles. The zero-order valence-corrected chi connectivity index (χ0v) is 15.0. The smallest absolute Gasteiger partial charge is 0.256 e. The molecule has 6 nitrogen and oxygen atoms in total. The summed E-state index contributed by atoms with van der Waals surface area (Å²) in [5, 5.41) is 26.6. The minimum atomic E-state index is -0.512. The van der Waals surface area contributed by atoms with Crippen molar-refractivity contribution in [2.24, 2.45) is 0 Å². The standard InChI is InChI=1S/C18H21N3O3S/c1-9(2)21-6-5-12-14(8-21)25-18-15(12)17(24)19-16(20-18)11-4-3-10(22)7-13(11)23/h3-4,7,9,16,20,22-23H,5-6,8H2,1-2H3,(H,19,24). The Morgan fingerprint density at radius 2 is 2.08 bits per heavy atom. The van der Waals surface area contributed by atoms with Gasteiger partial charge in [0.15, 0.2) is 0 Å². The van der Waals surface area contributed by atoms with Gasteiger partial charge in [0.05, 0.1) is 5.56 Å². The van der Waals surface area contributed by atoms with Gasteiger partial charge >= 0.3 is 0 Å². The molecule has 1 atom stereocenters. The highest BCUT2D eigenvalue weighted by Gasteiger charge is 2.34. The van der Waals surface area contributed by atoms with E-state index in [1.54, 1.807) is 17.4 Å². The van der Waals surface area contributed by atoms with E-state index in [1.807, 2.05) is 0 Å². The molecule has 0 radical (unpaired) electrons. The Hall–Kier alpha value is -2.25. The molecule has 132 valence electrons. The number of amides is 1. The number of carbonyl (C=O) groups is 1. The fourth-order valence-corrected chi connectivity index (χ4v) is 4.81. The second-order valence-electron chi connectivity index (χ2n) is 6.82. The average Bonchev–Trinajstić information content (AvgIpc) is 2.92. The summed E-state index contributed by atoms with van der Waals surface area (Å²) >= 11 is 1.63. The van der Waals surface area contributed by atoms with Gasteiger partial charge in [-0.1, -0.05) is 0 Å². The van der Waals surface area contributed by atoms with Gasteiger partial charge in [0, 0.05) is 35.6 Å². The normalized spacial score (nSPS) is 20.0. The second-order valence-corrected chi connectivity index (χ2v) is 7.92. The van der Waals surface area contributed by atoms with Crippen LogP contribution < -0.4 is 10.6 Å². The minimum Gasteiger partial charge on any atom is -0.508 e. The number of phenolic OH excluding ortho intramolecular Hbond substituents is 2. The zero-order chi connectivity index (χ0) is 17.7. The van der Waals surface area contributed by atoms with Crippen molar-refractivity contribution in [1.29, 1.82) is 0 Å². The number of carbonyl (C=O) groups excluding carboxylic acids is 1. The van der Waals surface area contributed by atoms with Crippen LogP contribution in [-0.2, 0) is 13.0 Å². The monoisotopic (exact) mass is 359 g/mol. The van der Waals surface area contributed by atoms with Crippen LogP contribution >= 0.6 is 11.3 Å². The molecule has 0 saturated carbocycles. The fourth-order valence-electron chi connectivity index (χ4n) is 3.51. The molecule has 1 unspecified atom stereocenters. The summed E-state index contributed by atoms with van der Waals surface area (Å²) < 4.78 is 0. The average molecular weight is 359 g/mol. The largest absolute Gasteiger partial charge is 0.508 e. The third-order valence-electron chi connectivity index (χ3n) is 4.92. The topological polar surface area (TPSA) is 84.8 Å². The summed E-state index contributed by atoms with van der Waals surface area (Å²) in [5.41, 5.74) is 2.43. The molecule has 2 aliphatic rings. The van der Waals surface area contributed by atoms with Crippen molar-refractivity contribution >= 4 is 22.2 Å². The summed E-state index contributed by atoms with van der Waals surface area (Å²) in [5.74, 6) is -0.167. The summed E-state index contributed by atoms with van der Waals surface area (Å²) in [6, 6.07) is 4.87. The highest BCUT2D eigenvalue weighted by Crippen LogP contribution is 2.42. The van der Waals surface area contributed by atoms with Crippen LogP contribution in [0.2, 0.25) is 0 Å². The van der Waals surface area contributed by atoms with Gasteiger partial charge in [0.2, 0.25) is 0 Å². The van der Waals surface area contributed by atoms with E-state index in [4.69, 9.17) is 0 Å². The number of anilines is 1. The number of nitrogens with zero attached hydrogens (tertiary/aromatic N) is 1. The Morgan fingerprint density at radius 3 is 2.80 bits per heavy atom. The summed E-state index contributed by atoms with van der Waals surface area (Å²) in [6.07, 6.45) is 0.366. The van der Waals surface area contributed by atoms with Crippen molar-refractivity contribution in [3.8, 4) is 11.5 Å². The number of nitrogens with one attached hydrogen (secondary N) is 2. The quantitative estimate of drug-likeness (QED) is 0.663. The summed E-state index contributed by atoms with van der Waals surface area (Å²) in [7, 11) is 0. The molecule has 4 rings (SSSR count). The van der Waals surface area contributed by atoms with Crippen LogP contribution in [0.25, 0.3) is 0 Å². The lowest BCUT2D eigenvalue weighted by Gasteiger charge is -2.31. The molecule has 0 bridgehead atoms. The van der Waals surface area contributed by atoms with E-state index >= 15 is 0 Å². The maximum atomic E-state index is 12.7. The number of thiophene rings is 1. The van der Waals surface area contributed by atoms with E-state index in [1.165, 1.54) is 17.0 Å². The molecule has 0 saturated heterocycles. The highest BCUT2D eigenvalue weighted by molar-refractivity contribution is 7.16. The number of phenols is 2. The van der Waals surface area contributed by atoms with Crippen molar-refractivity contribution in [3.05, 3.63) is 39.8 Å². The molecule has 7 heteroatoms. The molecule has 0 fully saturated rings. The number of rotatable bonds is 2. The highest BCUT2D eigenvalue weighted by atomic mass is 32.1. The lowest BCUT2D eigenvalue weighted by molar-refractivity contribution is 0.0934. The first kappa shape index (κ1) is 16.2. The SMILES string of the molecule is CC(C)N1CCc2c(sc3c2C(=O)NC(c2ccc(O)cc2O)N3)C1. The van der Waals surface area contributed by atoms with Crippen molar-refractivity contribution < 1.29 is 15.0 Å². The van der Waals surface area contributed by atoms with E-state index in [0.29, 0.717) is 11.6 Å². The number of benzene rings is 1. The Kier molecular flexibility index (Phi) is 3.85. The zero-order valence-electron chi connectivity index (χ0n) is 14.2. The van der Waals surface area contributed by atoms with Gasteiger partial charge in [-0.25, -0.2) is 0 Å². The first-order valence-corrected chi connectivity index (χ1v) is 9.23. The third kappa shape index (κ3) is 2.73. The van der Waals surface area contributed by atoms with E-state index in [9.17, 15) is 15.0 Å². The number of hydrogen-bond donors (Lipinski definition) is 4. The van der Waals surface area contributed by atoms with E-state index in [-0.39, 0.29) is 17.4 Å².